The minimum atomic E-state index is -1.70. The second-order valence-electron chi connectivity index (χ2n) is 6.68. The van der Waals surface area contributed by atoms with Crippen LogP contribution in [0.5, 0.6) is 0 Å². The molecule has 2 aromatic rings. The standard InChI is InChI=1S/C20H17NO5/c1-19(2)25-17(22)15(18(23)26-19)16-20(24,12-8-4-3-5-9-12)13-10-6-7-11-14(13)21-16/h3-11,21,24H,1-2H3/t20-/m0/s1. The third kappa shape index (κ3) is 2.30. The number of nitrogens with one attached hydrogen (secondary N) is 1. The van der Waals surface area contributed by atoms with E-state index in [4.69, 9.17) is 9.47 Å². The molecule has 0 bridgehead atoms. The lowest BCUT2D eigenvalue weighted by Crippen LogP contribution is -2.44. The van der Waals surface area contributed by atoms with Gasteiger partial charge in [-0.15, -0.1) is 0 Å². The van der Waals surface area contributed by atoms with E-state index < -0.39 is 23.3 Å². The lowest BCUT2D eigenvalue weighted by atomic mass is 9.84. The molecule has 2 N–H and O–H groups in total. The molecule has 0 aliphatic carbocycles. The van der Waals surface area contributed by atoms with Gasteiger partial charge in [-0.2, -0.15) is 0 Å². The number of ether oxygens (including phenoxy) is 2. The largest absolute Gasteiger partial charge is 0.419 e. The Kier molecular flexibility index (Phi) is 3.42. The zero-order valence-electron chi connectivity index (χ0n) is 14.3. The Morgan fingerprint density at radius 3 is 2.12 bits per heavy atom. The molecule has 2 heterocycles. The number of carbonyl (C=O) groups is 2. The van der Waals surface area contributed by atoms with Crippen LogP contribution in [0.4, 0.5) is 5.69 Å². The van der Waals surface area contributed by atoms with Gasteiger partial charge in [0.05, 0.1) is 5.70 Å². The molecule has 6 nitrogen and oxygen atoms in total. The first-order valence-corrected chi connectivity index (χ1v) is 8.19. The highest BCUT2D eigenvalue weighted by Crippen LogP contribution is 2.48. The molecular formula is C20H17NO5. The van der Waals surface area contributed by atoms with Crippen LogP contribution in [0, 0.1) is 0 Å². The van der Waals surface area contributed by atoms with Crippen LogP contribution in [0.15, 0.2) is 65.9 Å². The van der Waals surface area contributed by atoms with E-state index in [0.717, 1.165) is 0 Å². The Morgan fingerprint density at radius 2 is 1.46 bits per heavy atom. The maximum atomic E-state index is 12.5. The summed E-state index contributed by atoms with van der Waals surface area (Å²) < 4.78 is 10.4. The number of hydrogen-bond donors (Lipinski definition) is 2. The molecule has 26 heavy (non-hydrogen) atoms. The fourth-order valence-corrected chi connectivity index (χ4v) is 3.35. The minimum Gasteiger partial charge on any atom is -0.419 e. The lowest BCUT2D eigenvalue weighted by Gasteiger charge is -2.33. The smallest absolute Gasteiger partial charge is 0.350 e. The molecule has 0 radical (unpaired) electrons. The second-order valence-corrected chi connectivity index (χ2v) is 6.68. The number of benzene rings is 2. The van der Waals surface area contributed by atoms with E-state index in [1.807, 2.05) is 6.07 Å². The number of fused-ring (bicyclic) bond motifs is 1. The summed E-state index contributed by atoms with van der Waals surface area (Å²) in [7, 11) is 0. The van der Waals surface area contributed by atoms with Gasteiger partial charge in [-0.25, -0.2) is 9.59 Å². The van der Waals surface area contributed by atoms with Crippen molar-refractivity contribution in [3.05, 3.63) is 77.0 Å². The fourth-order valence-electron chi connectivity index (χ4n) is 3.35. The molecule has 1 fully saturated rings. The number of esters is 2. The fraction of sp³-hybridized carbons (Fsp3) is 0.200. The highest BCUT2D eigenvalue weighted by molar-refractivity contribution is 6.17. The van der Waals surface area contributed by atoms with E-state index in [2.05, 4.69) is 5.32 Å². The molecule has 2 aromatic carbocycles. The van der Waals surface area contributed by atoms with E-state index in [1.54, 1.807) is 48.5 Å². The molecular weight excluding hydrogens is 334 g/mol. The summed E-state index contributed by atoms with van der Waals surface area (Å²) in [5, 5.41) is 14.7. The van der Waals surface area contributed by atoms with Crippen molar-refractivity contribution in [3.8, 4) is 0 Å². The second kappa shape index (κ2) is 5.44. The van der Waals surface area contributed by atoms with Gasteiger partial charge in [0, 0.05) is 25.1 Å². The first-order chi connectivity index (χ1) is 12.3. The number of para-hydroxylation sites is 1. The molecule has 0 unspecified atom stereocenters. The zero-order chi connectivity index (χ0) is 18.5. The summed E-state index contributed by atoms with van der Waals surface area (Å²) in [6.45, 7) is 2.95. The molecule has 0 spiro atoms. The Balaban J connectivity index is 1.97. The predicted octanol–water partition coefficient (Wildman–Crippen LogP) is 2.44. The van der Waals surface area contributed by atoms with Gasteiger partial charge in [0.2, 0.25) is 0 Å². The van der Waals surface area contributed by atoms with Gasteiger partial charge in [0.15, 0.2) is 11.2 Å². The van der Waals surface area contributed by atoms with Crippen molar-refractivity contribution in [1.82, 2.24) is 0 Å². The van der Waals surface area contributed by atoms with Crippen LogP contribution in [0.1, 0.15) is 25.0 Å². The molecule has 0 aromatic heterocycles. The SMILES string of the molecule is CC1(C)OC(=O)C(=C2Nc3ccccc3[C@@]2(O)c2ccccc2)C(=O)O1. The van der Waals surface area contributed by atoms with Crippen LogP contribution in [0.2, 0.25) is 0 Å². The van der Waals surface area contributed by atoms with Crippen LogP contribution < -0.4 is 5.32 Å². The Morgan fingerprint density at radius 1 is 0.885 bits per heavy atom. The molecule has 2 aliphatic rings. The van der Waals surface area contributed by atoms with Crippen LogP contribution in [0.25, 0.3) is 0 Å². The topological polar surface area (TPSA) is 84.9 Å². The van der Waals surface area contributed by atoms with Gasteiger partial charge in [-0.05, 0) is 11.6 Å². The molecule has 2 aliphatic heterocycles. The Hall–Kier alpha value is -3.12. The summed E-state index contributed by atoms with van der Waals surface area (Å²) >= 11 is 0. The summed E-state index contributed by atoms with van der Waals surface area (Å²) in [5.41, 5.74) is -0.342. The van der Waals surface area contributed by atoms with E-state index in [0.29, 0.717) is 16.8 Å². The number of cyclic esters (lactones) is 2. The maximum Gasteiger partial charge on any atom is 0.350 e. The normalized spacial score (nSPS) is 23.8. The zero-order valence-corrected chi connectivity index (χ0v) is 14.3. The van der Waals surface area contributed by atoms with Crippen LogP contribution in [0.3, 0.4) is 0 Å². The average Bonchev–Trinajstić information content (AvgIpc) is 2.88. The number of aliphatic hydroxyl groups is 1. The average molecular weight is 351 g/mol. The third-order valence-electron chi connectivity index (χ3n) is 4.47. The highest BCUT2D eigenvalue weighted by Gasteiger charge is 2.50. The van der Waals surface area contributed by atoms with Gasteiger partial charge in [-0.3, -0.25) is 0 Å². The van der Waals surface area contributed by atoms with Crippen molar-refractivity contribution < 1.29 is 24.2 Å². The molecule has 4 rings (SSSR count). The van der Waals surface area contributed by atoms with E-state index in [9.17, 15) is 14.7 Å². The third-order valence-corrected chi connectivity index (χ3v) is 4.47. The first-order valence-electron chi connectivity index (χ1n) is 8.19. The van der Waals surface area contributed by atoms with E-state index >= 15 is 0 Å². The van der Waals surface area contributed by atoms with Gasteiger partial charge < -0.3 is 19.9 Å². The van der Waals surface area contributed by atoms with Gasteiger partial charge in [0.1, 0.15) is 0 Å². The van der Waals surface area contributed by atoms with Crippen LogP contribution in [-0.2, 0) is 24.7 Å². The Labute approximate surface area is 150 Å². The van der Waals surface area contributed by atoms with Crippen molar-refractivity contribution >= 4 is 17.6 Å². The van der Waals surface area contributed by atoms with Gasteiger partial charge >= 0.3 is 11.9 Å². The summed E-state index contributed by atoms with van der Waals surface area (Å²) in [6, 6.07) is 15.9. The van der Waals surface area contributed by atoms with Gasteiger partial charge in [0.25, 0.3) is 5.79 Å². The molecule has 0 saturated carbocycles. The highest BCUT2D eigenvalue weighted by atomic mass is 16.7. The molecule has 132 valence electrons. The monoisotopic (exact) mass is 351 g/mol. The number of anilines is 1. The molecule has 1 saturated heterocycles. The number of carbonyl (C=O) groups excluding carboxylic acids is 2. The molecule has 0 amide bonds. The Bertz CT molecular complexity index is 926. The van der Waals surface area contributed by atoms with Gasteiger partial charge in [-0.1, -0.05) is 48.5 Å². The first kappa shape index (κ1) is 16.4. The molecule has 6 heteroatoms. The van der Waals surface area contributed by atoms with Crippen molar-refractivity contribution in [2.45, 2.75) is 25.2 Å². The van der Waals surface area contributed by atoms with E-state index in [-0.39, 0.29) is 11.3 Å². The summed E-state index contributed by atoms with van der Waals surface area (Å²) in [6.07, 6.45) is 0. The van der Waals surface area contributed by atoms with E-state index in [1.165, 1.54) is 13.8 Å². The predicted molar refractivity (Wildman–Crippen MR) is 92.8 cm³/mol. The van der Waals surface area contributed by atoms with Crippen LogP contribution in [-0.4, -0.2) is 22.8 Å². The summed E-state index contributed by atoms with van der Waals surface area (Å²) in [4.78, 5) is 25.1. The number of rotatable bonds is 1. The summed E-state index contributed by atoms with van der Waals surface area (Å²) in [5.74, 6) is -3.03. The molecule has 1 atom stereocenters. The van der Waals surface area contributed by atoms with Crippen molar-refractivity contribution in [3.63, 3.8) is 0 Å². The van der Waals surface area contributed by atoms with Crippen molar-refractivity contribution in [2.75, 3.05) is 5.32 Å². The maximum absolute atomic E-state index is 12.5. The quantitative estimate of drug-likeness (QED) is 0.466. The minimum absolute atomic E-state index is 0.0374. The van der Waals surface area contributed by atoms with Crippen molar-refractivity contribution in [1.29, 1.82) is 0 Å². The number of hydrogen-bond acceptors (Lipinski definition) is 6. The van der Waals surface area contributed by atoms with Crippen LogP contribution >= 0.6 is 0 Å². The lowest BCUT2D eigenvalue weighted by molar-refractivity contribution is -0.222. The van der Waals surface area contributed by atoms with Crippen molar-refractivity contribution in [2.24, 2.45) is 0 Å².